The Balaban J connectivity index is 1.47. The van der Waals surface area contributed by atoms with Crippen molar-refractivity contribution in [1.82, 2.24) is 25.3 Å². The molecule has 2 aliphatic rings. The van der Waals surface area contributed by atoms with E-state index < -0.39 is 0 Å². The Kier molecular flexibility index (Phi) is 3.68. The van der Waals surface area contributed by atoms with Crippen LogP contribution in [0.5, 0.6) is 0 Å². The third-order valence-corrected chi connectivity index (χ3v) is 3.93. The maximum absolute atomic E-state index is 11.9. The lowest BCUT2D eigenvalue weighted by atomic mass is 10.1. The largest absolute Gasteiger partial charge is 0.338 e. The first kappa shape index (κ1) is 12.5. The molecule has 0 aliphatic carbocycles. The SMILES string of the molecule is O=C(NCC[C@H]1CNCc2ccnn21)N1CCCC1. The molecule has 0 spiro atoms. The van der Waals surface area contributed by atoms with Crippen molar-refractivity contribution in [3.05, 3.63) is 18.0 Å². The quantitative estimate of drug-likeness (QED) is 0.845. The normalized spacial score (nSPS) is 22.3. The topological polar surface area (TPSA) is 62.2 Å². The molecule has 2 amide bonds. The van der Waals surface area contributed by atoms with Crippen molar-refractivity contribution in [2.45, 2.75) is 31.8 Å². The van der Waals surface area contributed by atoms with Crippen LogP contribution in [0.4, 0.5) is 4.79 Å². The van der Waals surface area contributed by atoms with Gasteiger partial charge in [-0.1, -0.05) is 0 Å². The van der Waals surface area contributed by atoms with Crippen molar-refractivity contribution < 1.29 is 4.79 Å². The zero-order valence-electron chi connectivity index (χ0n) is 11.1. The predicted molar refractivity (Wildman–Crippen MR) is 71.8 cm³/mol. The first-order valence-corrected chi connectivity index (χ1v) is 7.10. The number of likely N-dealkylation sites (tertiary alicyclic amines) is 1. The van der Waals surface area contributed by atoms with Crippen LogP contribution in [0.25, 0.3) is 0 Å². The molecular weight excluding hydrogens is 242 g/mol. The Morgan fingerprint density at radius 3 is 3.16 bits per heavy atom. The molecule has 1 aromatic heterocycles. The monoisotopic (exact) mass is 263 g/mol. The predicted octanol–water partition coefficient (Wildman–Crippen LogP) is 0.723. The van der Waals surface area contributed by atoms with Crippen molar-refractivity contribution in [2.75, 3.05) is 26.2 Å². The van der Waals surface area contributed by atoms with E-state index in [-0.39, 0.29) is 6.03 Å². The molecule has 0 unspecified atom stereocenters. The Labute approximate surface area is 113 Å². The fourth-order valence-corrected chi connectivity index (χ4v) is 2.87. The number of carbonyl (C=O) groups is 1. The molecule has 1 aromatic rings. The minimum absolute atomic E-state index is 0.0851. The Hall–Kier alpha value is -1.56. The number of rotatable bonds is 3. The summed E-state index contributed by atoms with van der Waals surface area (Å²) in [4.78, 5) is 13.8. The van der Waals surface area contributed by atoms with Gasteiger partial charge in [-0.3, -0.25) is 4.68 Å². The zero-order chi connectivity index (χ0) is 13.1. The average Bonchev–Trinajstić information content (AvgIpc) is 3.10. The lowest BCUT2D eigenvalue weighted by molar-refractivity contribution is 0.207. The molecule has 0 aromatic carbocycles. The number of urea groups is 1. The third kappa shape index (κ3) is 2.73. The second kappa shape index (κ2) is 5.61. The second-order valence-electron chi connectivity index (χ2n) is 5.27. The number of hydrogen-bond acceptors (Lipinski definition) is 3. The van der Waals surface area contributed by atoms with E-state index in [0.29, 0.717) is 12.6 Å². The van der Waals surface area contributed by atoms with Crippen LogP contribution in [0.2, 0.25) is 0 Å². The van der Waals surface area contributed by atoms with Crippen LogP contribution in [-0.4, -0.2) is 46.9 Å². The van der Waals surface area contributed by atoms with Crippen molar-refractivity contribution >= 4 is 6.03 Å². The van der Waals surface area contributed by atoms with Gasteiger partial charge < -0.3 is 15.5 Å². The fourth-order valence-electron chi connectivity index (χ4n) is 2.87. The molecule has 19 heavy (non-hydrogen) atoms. The molecule has 0 bridgehead atoms. The minimum atomic E-state index is 0.0851. The number of aromatic nitrogens is 2. The number of hydrogen-bond donors (Lipinski definition) is 2. The van der Waals surface area contributed by atoms with E-state index in [1.807, 2.05) is 17.2 Å². The Bertz CT molecular complexity index is 438. The molecule has 104 valence electrons. The second-order valence-corrected chi connectivity index (χ2v) is 5.27. The summed E-state index contributed by atoms with van der Waals surface area (Å²) < 4.78 is 2.08. The third-order valence-electron chi connectivity index (χ3n) is 3.93. The molecule has 3 rings (SSSR count). The van der Waals surface area contributed by atoms with Gasteiger partial charge in [0.1, 0.15) is 0 Å². The summed E-state index contributed by atoms with van der Waals surface area (Å²) in [6.45, 7) is 4.33. The smallest absolute Gasteiger partial charge is 0.317 e. The van der Waals surface area contributed by atoms with E-state index in [2.05, 4.69) is 20.4 Å². The van der Waals surface area contributed by atoms with E-state index in [0.717, 1.165) is 45.4 Å². The van der Waals surface area contributed by atoms with Gasteiger partial charge in [0.15, 0.2) is 0 Å². The summed E-state index contributed by atoms with van der Waals surface area (Å²) in [5.41, 5.74) is 1.22. The molecule has 0 saturated carbocycles. The standard InChI is InChI=1S/C13H21N5O/c19-13(17-7-1-2-8-17)15-5-3-11-9-14-10-12-4-6-16-18(11)12/h4,6,11,14H,1-3,5,7-10H2,(H,15,19)/t11-/m0/s1. The molecule has 0 radical (unpaired) electrons. The molecule has 1 fully saturated rings. The summed E-state index contributed by atoms with van der Waals surface area (Å²) in [6, 6.07) is 2.47. The average molecular weight is 263 g/mol. The van der Waals surface area contributed by atoms with Crippen molar-refractivity contribution in [3.63, 3.8) is 0 Å². The number of fused-ring (bicyclic) bond motifs is 1. The van der Waals surface area contributed by atoms with Crippen LogP contribution in [0.3, 0.4) is 0 Å². The number of amides is 2. The van der Waals surface area contributed by atoms with E-state index in [1.54, 1.807) is 0 Å². The van der Waals surface area contributed by atoms with E-state index in [9.17, 15) is 4.79 Å². The van der Waals surface area contributed by atoms with E-state index in [4.69, 9.17) is 0 Å². The van der Waals surface area contributed by atoms with Gasteiger partial charge in [0, 0.05) is 38.9 Å². The molecule has 2 N–H and O–H groups in total. The van der Waals surface area contributed by atoms with Crippen molar-refractivity contribution in [1.29, 1.82) is 0 Å². The highest BCUT2D eigenvalue weighted by molar-refractivity contribution is 5.74. The first-order chi connectivity index (χ1) is 9.34. The van der Waals surface area contributed by atoms with Gasteiger partial charge in [0.05, 0.1) is 11.7 Å². The fraction of sp³-hybridized carbons (Fsp3) is 0.692. The molecule has 6 heteroatoms. The highest BCUT2D eigenvalue weighted by Crippen LogP contribution is 2.16. The van der Waals surface area contributed by atoms with Crippen LogP contribution < -0.4 is 10.6 Å². The van der Waals surface area contributed by atoms with Crippen molar-refractivity contribution in [2.24, 2.45) is 0 Å². The molecule has 2 aliphatic heterocycles. The van der Waals surface area contributed by atoms with Crippen LogP contribution in [0.1, 0.15) is 31.0 Å². The van der Waals surface area contributed by atoms with Gasteiger partial charge in [0.2, 0.25) is 0 Å². The highest BCUT2D eigenvalue weighted by Gasteiger charge is 2.21. The van der Waals surface area contributed by atoms with Crippen LogP contribution in [0, 0.1) is 0 Å². The van der Waals surface area contributed by atoms with Gasteiger partial charge in [-0.25, -0.2) is 4.79 Å². The molecule has 6 nitrogen and oxygen atoms in total. The lowest BCUT2D eigenvalue weighted by Gasteiger charge is -2.26. The number of carbonyl (C=O) groups excluding carboxylic acids is 1. The van der Waals surface area contributed by atoms with E-state index >= 15 is 0 Å². The Morgan fingerprint density at radius 2 is 2.32 bits per heavy atom. The maximum atomic E-state index is 11.9. The highest BCUT2D eigenvalue weighted by atomic mass is 16.2. The molecular formula is C13H21N5O. The molecule has 3 heterocycles. The lowest BCUT2D eigenvalue weighted by Crippen LogP contribution is -2.40. The van der Waals surface area contributed by atoms with Gasteiger partial charge in [-0.2, -0.15) is 5.10 Å². The van der Waals surface area contributed by atoms with Gasteiger partial charge in [-0.05, 0) is 25.3 Å². The van der Waals surface area contributed by atoms with Crippen LogP contribution in [-0.2, 0) is 6.54 Å². The maximum Gasteiger partial charge on any atom is 0.317 e. The van der Waals surface area contributed by atoms with Crippen LogP contribution >= 0.6 is 0 Å². The van der Waals surface area contributed by atoms with Crippen molar-refractivity contribution in [3.8, 4) is 0 Å². The first-order valence-electron chi connectivity index (χ1n) is 7.10. The zero-order valence-corrected chi connectivity index (χ0v) is 11.1. The summed E-state index contributed by atoms with van der Waals surface area (Å²) in [7, 11) is 0. The Morgan fingerprint density at radius 1 is 1.47 bits per heavy atom. The van der Waals surface area contributed by atoms with Gasteiger partial charge >= 0.3 is 6.03 Å². The summed E-state index contributed by atoms with van der Waals surface area (Å²) in [5, 5.41) is 10.8. The van der Waals surface area contributed by atoms with Gasteiger partial charge in [0.25, 0.3) is 0 Å². The molecule has 1 atom stereocenters. The minimum Gasteiger partial charge on any atom is -0.338 e. The summed E-state index contributed by atoms with van der Waals surface area (Å²) in [6.07, 6.45) is 5.03. The number of nitrogens with zero attached hydrogens (tertiary/aromatic N) is 3. The number of nitrogens with one attached hydrogen (secondary N) is 2. The summed E-state index contributed by atoms with van der Waals surface area (Å²) in [5.74, 6) is 0. The summed E-state index contributed by atoms with van der Waals surface area (Å²) >= 11 is 0. The van der Waals surface area contributed by atoms with E-state index in [1.165, 1.54) is 5.69 Å². The van der Waals surface area contributed by atoms with Crippen LogP contribution in [0.15, 0.2) is 12.3 Å². The molecule has 1 saturated heterocycles. The van der Waals surface area contributed by atoms with Gasteiger partial charge in [-0.15, -0.1) is 0 Å².